The van der Waals surface area contributed by atoms with Crippen LogP contribution in [-0.2, 0) is 0 Å². The van der Waals surface area contributed by atoms with Gasteiger partial charge in [0, 0.05) is 5.88 Å². The lowest BCUT2D eigenvalue weighted by molar-refractivity contribution is 0.462. The first-order chi connectivity index (χ1) is 5.75. The number of phenols is 1. The van der Waals surface area contributed by atoms with Crippen molar-refractivity contribution in [3.63, 3.8) is 0 Å². The average Bonchev–Trinajstić information content (AvgIpc) is 2.05. The Morgan fingerprint density at radius 2 is 2.08 bits per heavy atom. The van der Waals surface area contributed by atoms with Gasteiger partial charge in [-0.05, 0) is 24.0 Å². The molecule has 1 aromatic rings. The molecule has 1 unspecified atom stereocenters. The minimum absolute atomic E-state index is 0.337. The lowest BCUT2D eigenvalue weighted by atomic mass is 9.98. The van der Waals surface area contributed by atoms with Gasteiger partial charge in [0.05, 0.1) is 0 Å². The second-order valence-electron chi connectivity index (χ2n) is 2.94. The van der Waals surface area contributed by atoms with Crippen LogP contribution in [0, 0.1) is 0 Å². The first-order valence-corrected chi connectivity index (χ1v) is 4.63. The molecule has 2 heteroatoms. The zero-order valence-electron chi connectivity index (χ0n) is 7.13. The molecule has 12 heavy (non-hydrogen) atoms. The summed E-state index contributed by atoms with van der Waals surface area (Å²) in [4.78, 5) is 0. The number of aromatic hydroxyl groups is 1. The van der Waals surface area contributed by atoms with Crippen LogP contribution in [0.4, 0.5) is 0 Å². The lowest BCUT2D eigenvalue weighted by Crippen LogP contribution is -1.94. The van der Waals surface area contributed by atoms with Crippen molar-refractivity contribution >= 4 is 11.6 Å². The molecule has 0 saturated carbocycles. The van der Waals surface area contributed by atoms with Gasteiger partial charge in [0.2, 0.25) is 0 Å². The molecule has 66 valence electrons. The molecule has 1 N–H and O–H groups in total. The molecule has 0 bridgehead atoms. The zero-order valence-corrected chi connectivity index (χ0v) is 7.88. The van der Waals surface area contributed by atoms with E-state index in [1.165, 1.54) is 0 Å². The molecular formula is C10H13ClO. The van der Waals surface area contributed by atoms with E-state index in [0.29, 0.717) is 17.5 Å². The van der Waals surface area contributed by atoms with Crippen molar-refractivity contribution in [2.45, 2.75) is 19.3 Å². The quantitative estimate of drug-likeness (QED) is 0.716. The third kappa shape index (κ3) is 2.15. The van der Waals surface area contributed by atoms with Gasteiger partial charge in [-0.25, -0.2) is 0 Å². The third-order valence-corrected chi connectivity index (χ3v) is 2.23. The van der Waals surface area contributed by atoms with E-state index in [9.17, 15) is 5.11 Å². The van der Waals surface area contributed by atoms with E-state index < -0.39 is 0 Å². The highest BCUT2D eigenvalue weighted by Gasteiger charge is 2.07. The van der Waals surface area contributed by atoms with Gasteiger partial charge >= 0.3 is 0 Å². The van der Waals surface area contributed by atoms with Crippen LogP contribution in [0.3, 0.4) is 0 Å². The Hall–Kier alpha value is -0.690. The number of phenolic OH excluding ortho intramolecular Hbond substituents is 1. The summed E-state index contributed by atoms with van der Waals surface area (Å²) in [6.07, 6.45) is 0.902. The Morgan fingerprint density at radius 1 is 1.42 bits per heavy atom. The summed E-state index contributed by atoms with van der Waals surface area (Å²) < 4.78 is 0. The Bertz CT molecular complexity index is 247. The fourth-order valence-electron chi connectivity index (χ4n) is 1.22. The van der Waals surface area contributed by atoms with Gasteiger partial charge in [0.25, 0.3) is 0 Å². The Kier molecular flexibility index (Phi) is 3.42. The largest absolute Gasteiger partial charge is 0.508 e. The molecule has 1 atom stereocenters. The molecule has 0 aromatic heterocycles. The molecule has 0 saturated heterocycles. The van der Waals surface area contributed by atoms with Crippen molar-refractivity contribution in [2.75, 3.05) is 5.88 Å². The van der Waals surface area contributed by atoms with Crippen LogP contribution in [0.2, 0.25) is 0 Å². The van der Waals surface area contributed by atoms with Gasteiger partial charge in [-0.2, -0.15) is 0 Å². The summed E-state index contributed by atoms with van der Waals surface area (Å²) in [6.45, 7) is 2.07. The number of hydrogen-bond donors (Lipinski definition) is 1. The van der Waals surface area contributed by atoms with E-state index >= 15 is 0 Å². The predicted molar refractivity (Wildman–Crippen MR) is 51.9 cm³/mol. The molecule has 0 fully saturated rings. The average molecular weight is 185 g/mol. The van der Waals surface area contributed by atoms with E-state index in [-0.39, 0.29) is 0 Å². The van der Waals surface area contributed by atoms with Crippen molar-refractivity contribution < 1.29 is 5.11 Å². The summed E-state index contributed by atoms with van der Waals surface area (Å²) in [5.41, 5.74) is 0.984. The Balaban J connectivity index is 2.79. The summed E-state index contributed by atoms with van der Waals surface area (Å²) >= 11 is 5.62. The van der Waals surface area contributed by atoms with E-state index in [0.717, 1.165) is 12.0 Å². The maximum Gasteiger partial charge on any atom is 0.119 e. The molecule has 0 aliphatic heterocycles. The molecular weight excluding hydrogens is 172 g/mol. The van der Waals surface area contributed by atoms with Crippen LogP contribution in [0.1, 0.15) is 24.8 Å². The van der Waals surface area contributed by atoms with Crippen molar-refractivity contribution in [1.82, 2.24) is 0 Å². The number of hydrogen-bond acceptors (Lipinski definition) is 1. The number of rotatable bonds is 3. The summed E-state index contributed by atoms with van der Waals surface area (Å²) in [7, 11) is 0. The predicted octanol–water partition coefficient (Wildman–Crippen LogP) is 3.12. The SMILES string of the molecule is CC(CCCl)c1ccccc1O. The minimum Gasteiger partial charge on any atom is -0.508 e. The molecule has 0 amide bonds. The molecule has 0 aliphatic rings. The van der Waals surface area contributed by atoms with Crippen LogP contribution in [0.15, 0.2) is 24.3 Å². The fourth-order valence-corrected chi connectivity index (χ4v) is 1.55. The van der Waals surface area contributed by atoms with E-state index in [1.54, 1.807) is 6.07 Å². The van der Waals surface area contributed by atoms with Gasteiger partial charge in [0.15, 0.2) is 0 Å². The van der Waals surface area contributed by atoms with Crippen LogP contribution >= 0.6 is 11.6 Å². The highest BCUT2D eigenvalue weighted by molar-refractivity contribution is 6.17. The Morgan fingerprint density at radius 3 is 2.67 bits per heavy atom. The zero-order chi connectivity index (χ0) is 8.97. The first-order valence-electron chi connectivity index (χ1n) is 4.09. The van der Waals surface area contributed by atoms with Crippen LogP contribution in [0.5, 0.6) is 5.75 Å². The van der Waals surface area contributed by atoms with Gasteiger partial charge in [-0.3, -0.25) is 0 Å². The highest BCUT2D eigenvalue weighted by Crippen LogP contribution is 2.27. The third-order valence-electron chi connectivity index (χ3n) is 2.01. The first kappa shape index (κ1) is 9.40. The minimum atomic E-state index is 0.337. The van der Waals surface area contributed by atoms with Gasteiger partial charge < -0.3 is 5.11 Å². The standard InChI is InChI=1S/C10H13ClO/c1-8(6-7-11)9-4-2-3-5-10(9)12/h2-5,8,12H,6-7H2,1H3. The maximum absolute atomic E-state index is 9.46. The number of benzene rings is 1. The monoisotopic (exact) mass is 184 g/mol. The second kappa shape index (κ2) is 4.36. The smallest absolute Gasteiger partial charge is 0.119 e. The van der Waals surface area contributed by atoms with E-state index in [2.05, 4.69) is 6.92 Å². The molecule has 0 spiro atoms. The molecule has 0 radical (unpaired) electrons. The van der Waals surface area contributed by atoms with Crippen molar-refractivity contribution in [3.8, 4) is 5.75 Å². The molecule has 1 aromatic carbocycles. The van der Waals surface area contributed by atoms with Gasteiger partial charge in [-0.15, -0.1) is 11.6 Å². The second-order valence-corrected chi connectivity index (χ2v) is 3.32. The normalized spacial score (nSPS) is 12.8. The Labute approximate surface area is 78.0 Å². The van der Waals surface area contributed by atoms with E-state index in [4.69, 9.17) is 11.6 Å². The topological polar surface area (TPSA) is 20.2 Å². The summed E-state index contributed by atoms with van der Waals surface area (Å²) in [5, 5.41) is 9.46. The summed E-state index contributed by atoms with van der Waals surface area (Å²) in [6, 6.07) is 7.40. The van der Waals surface area contributed by atoms with Crippen LogP contribution < -0.4 is 0 Å². The number of halogens is 1. The lowest BCUT2D eigenvalue weighted by Gasteiger charge is -2.10. The van der Waals surface area contributed by atoms with Gasteiger partial charge in [-0.1, -0.05) is 25.1 Å². The van der Waals surface area contributed by atoms with Crippen LogP contribution in [0.25, 0.3) is 0 Å². The maximum atomic E-state index is 9.46. The van der Waals surface area contributed by atoms with Crippen molar-refractivity contribution in [2.24, 2.45) is 0 Å². The fraction of sp³-hybridized carbons (Fsp3) is 0.400. The number of para-hydroxylation sites is 1. The van der Waals surface area contributed by atoms with E-state index in [1.807, 2.05) is 18.2 Å². The molecule has 1 nitrogen and oxygen atoms in total. The molecule has 0 aliphatic carbocycles. The highest BCUT2D eigenvalue weighted by atomic mass is 35.5. The van der Waals surface area contributed by atoms with Crippen molar-refractivity contribution in [1.29, 1.82) is 0 Å². The molecule has 0 heterocycles. The molecule has 1 rings (SSSR count). The van der Waals surface area contributed by atoms with Gasteiger partial charge in [0.1, 0.15) is 5.75 Å². The summed E-state index contributed by atoms with van der Waals surface area (Å²) in [5.74, 6) is 1.34. The van der Waals surface area contributed by atoms with Crippen molar-refractivity contribution in [3.05, 3.63) is 29.8 Å². The van der Waals surface area contributed by atoms with Crippen LogP contribution in [-0.4, -0.2) is 11.0 Å². The number of alkyl halides is 1.